The third-order valence-electron chi connectivity index (χ3n) is 3.01. The molecule has 0 aliphatic heterocycles. The second kappa shape index (κ2) is 5.78. The summed E-state index contributed by atoms with van der Waals surface area (Å²) in [5, 5.41) is 10.3. The number of benzene rings is 1. The van der Waals surface area contributed by atoms with Crippen molar-refractivity contribution in [3.8, 4) is 0 Å². The molecule has 2 rings (SSSR count). The smallest absolute Gasteiger partial charge is 0.123 e. The van der Waals surface area contributed by atoms with Gasteiger partial charge in [-0.25, -0.2) is 4.39 Å². The van der Waals surface area contributed by atoms with E-state index < -0.39 is 0 Å². The molecule has 0 radical (unpaired) electrons. The lowest BCUT2D eigenvalue weighted by molar-refractivity contribution is 0.542. The van der Waals surface area contributed by atoms with Crippen LogP contribution < -0.4 is 5.32 Å². The summed E-state index contributed by atoms with van der Waals surface area (Å²) in [7, 11) is 0. The SMILES string of the molecule is Cc1[nH]ncc1CNC(C)Cc1cccc(F)c1. The molecule has 96 valence electrons. The Kier molecular flexibility index (Phi) is 4.10. The Bertz CT molecular complexity index is 507. The number of hydrogen-bond acceptors (Lipinski definition) is 2. The lowest BCUT2D eigenvalue weighted by Gasteiger charge is -2.13. The summed E-state index contributed by atoms with van der Waals surface area (Å²) in [6.45, 7) is 4.88. The van der Waals surface area contributed by atoms with E-state index in [0.29, 0.717) is 6.04 Å². The molecule has 1 atom stereocenters. The highest BCUT2D eigenvalue weighted by molar-refractivity contribution is 5.18. The fourth-order valence-corrected chi connectivity index (χ4v) is 1.93. The van der Waals surface area contributed by atoms with Gasteiger partial charge in [-0.1, -0.05) is 12.1 Å². The molecule has 1 aromatic heterocycles. The van der Waals surface area contributed by atoms with Gasteiger partial charge in [0.15, 0.2) is 0 Å². The van der Waals surface area contributed by atoms with Gasteiger partial charge in [-0.3, -0.25) is 5.10 Å². The second-order valence-electron chi connectivity index (χ2n) is 4.64. The molecule has 0 saturated heterocycles. The topological polar surface area (TPSA) is 40.7 Å². The highest BCUT2D eigenvalue weighted by Crippen LogP contribution is 2.07. The molecule has 0 spiro atoms. The van der Waals surface area contributed by atoms with Crippen LogP contribution in [0.4, 0.5) is 4.39 Å². The standard InChI is InChI=1S/C14H18FN3/c1-10(6-12-4-3-5-14(15)7-12)16-8-13-9-17-18-11(13)2/h3-5,7,9-10,16H,6,8H2,1-2H3,(H,17,18). The monoisotopic (exact) mass is 247 g/mol. The maximum atomic E-state index is 13.0. The largest absolute Gasteiger partial charge is 0.310 e. The molecular weight excluding hydrogens is 229 g/mol. The van der Waals surface area contributed by atoms with E-state index in [4.69, 9.17) is 0 Å². The molecule has 0 amide bonds. The zero-order chi connectivity index (χ0) is 13.0. The van der Waals surface area contributed by atoms with Crippen molar-refractivity contribution in [2.24, 2.45) is 0 Å². The van der Waals surface area contributed by atoms with Gasteiger partial charge in [0.25, 0.3) is 0 Å². The Morgan fingerprint density at radius 3 is 2.94 bits per heavy atom. The molecule has 2 N–H and O–H groups in total. The van der Waals surface area contributed by atoms with Gasteiger partial charge in [0.05, 0.1) is 6.20 Å². The van der Waals surface area contributed by atoms with Gasteiger partial charge >= 0.3 is 0 Å². The van der Waals surface area contributed by atoms with Crippen LogP contribution >= 0.6 is 0 Å². The van der Waals surface area contributed by atoms with Crippen LogP contribution in [-0.2, 0) is 13.0 Å². The van der Waals surface area contributed by atoms with E-state index in [1.807, 2.05) is 19.2 Å². The molecule has 2 aromatic rings. The number of halogens is 1. The average Bonchev–Trinajstić information content (AvgIpc) is 2.72. The zero-order valence-electron chi connectivity index (χ0n) is 10.7. The number of nitrogens with one attached hydrogen (secondary N) is 2. The summed E-state index contributed by atoms with van der Waals surface area (Å²) < 4.78 is 13.0. The van der Waals surface area contributed by atoms with Crippen LogP contribution in [0, 0.1) is 12.7 Å². The molecule has 1 unspecified atom stereocenters. The predicted molar refractivity (Wildman–Crippen MR) is 69.7 cm³/mol. The van der Waals surface area contributed by atoms with Crippen molar-refractivity contribution >= 4 is 0 Å². The predicted octanol–water partition coefficient (Wildman–Crippen LogP) is 2.58. The molecule has 0 bridgehead atoms. The minimum atomic E-state index is -0.176. The molecule has 0 aliphatic rings. The van der Waals surface area contributed by atoms with Crippen LogP contribution in [0.3, 0.4) is 0 Å². The van der Waals surface area contributed by atoms with Gasteiger partial charge in [-0.15, -0.1) is 0 Å². The van der Waals surface area contributed by atoms with Crippen molar-refractivity contribution in [1.82, 2.24) is 15.5 Å². The first kappa shape index (κ1) is 12.8. The summed E-state index contributed by atoms with van der Waals surface area (Å²) in [6, 6.07) is 7.04. The summed E-state index contributed by atoms with van der Waals surface area (Å²) in [5.41, 5.74) is 3.26. The highest BCUT2D eigenvalue weighted by atomic mass is 19.1. The van der Waals surface area contributed by atoms with Crippen molar-refractivity contribution in [2.75, 3.05) is 0 Å². The fraction of sp³-hybridized carbons (Fsp3) is 0.357. The molecule has 18 heavy (non-hydrogen) atoms. The number of hydrogen-bond donors (Lipinski definition) is 2. The lowest BCUT2D eigenvalue weighted by Crippen LogP contribution is -2.27. The van der Waals surface area contributed by atoms with E-state index in [2.05, 4.69) is 22.4 Å². The van der Waals surface area contributed by atoms with Crippen molar-refractivity contribution < 1.29 is 4.39 Å². The average molecular weight is 247 g/mol. The molecule has 1 heterocycles. The quantitative estimate of drug-likeness (QED) is 0.852. The normalized spacial score (nSPS) is 12.6. The molecule has 0 saturated carbocycles. The van der Waals surface area contributed by atoms with E-state index >= 15 is 0 Å². The van der Waals surface area contributed by atoms with Crippen LogP contribution in [0.2, 0.25) is 0 Å². The van der Waals surface area contributed by atoms with E-state index in [1.54, 1.807) is 12.1 Å². The Balaban J connectivity index is 1.86. The fourth-order valence-electron chi connectivity index (χ4n) is 1.93. The minimum absolute atomic E-state index is 0.176. The van der Waals surface area contributed by atoms with Crippen molar-refractivity contribution in [2.45, 2.75) is 32.9 Å². The second-order valence-corrected chi connectivity index (χ2v) is 4.64. The number of nitrogens with zero attached hydrogens (tertiary/aromatic N) is 1. The molecular formula is C14H18FN3. The van der Waals surface area contributed by atoms with Crippen molar-refractivity contribution in [3.05, 3.63) is 53.1 Å². The number of aromatic amines is 1. The van der Waals surface area contributed by atoms with Crippen LogP contribution in [0.5, 0.6) is 0 Å². The van der Waals surface area contributed by atoms with Crippen LogP contribution in [0.25, 0.3) is 0 Å². The summed E-state index contributed by atoms with van der Waals surface area (Å²) in [6.07, 6.45) is 2.64. The van der Waals surface area contributed by atoms with Crippen molar-refractivity contribution in [3.63, 3.8) is 0 Å². The van der Waals surface area contributed by atoms with Gasteiger partial charge < -0.3 is 5.32 Å². The van der Waals surface area contributed by atoms with E-state index in [-0.39, 0.29) is 5.82 Å². The number of aromatic nitrogens is 2. The Morgan fingerprint density at radius 1 is 1.44 bits per heavy atom. The first-order valence-corrected chi connectivity index (χ1v) is 6.12. The van der Waals surface area contributed by atoms with Crippen LogP contribution in [0.1, 0.15) is 23.7 Å². The van der Waals surface area contributed by atoms with Crippen LogP contribution in [-0.4, -0.2) is 16.2 Å². The molecule has 0 fully saturated rings. The highest BCUT2D eigenvalue weighted by Gasteiger charge is 2.06. The maximum Gasteiger partial charge on any atom is 0.123 e. The number of rotatable bonds is 5. The molecule has 0 aliphatic carbocycles. The molecule has 4 heteroatoms. The van der Waals surface area contributed by atoms with Crippen molar-refractivity contribution in [1.29, 1.82) is 0 Å². The maximum absolute atomic E-state index is 13.0. The number of H-pyrrole nitrogens is 1. The lowest BCUT2D eigenvalue weighted by atomic mass is 10.1. The first-order valence-electron chi connectivity index (χ1n) is 6.12. The Hall–Kier alpha value is -1.68. The number of aryl methyl sites for hydroxylation is 1. The van der Waals surface area contributed by atoms with Gasteiger partial charge in [0, 0.05) is 23.8 Å². The summed E-state index contributed by atoms with van der Waals surface area (Å²) in [5.74, 6) is -0.176. The summed E-state index contributed by atoms with van der Waals surface area (Å²) in [4.78, 5) is 0. The van der Waals surface area contributed by atoms with Gasteiger partial charge in [0.1, 0.15) is 5.82 Å². The van der Waals surface area contributed by atoms with E-state index in [1.165, 1.54) is 11.6 Å². The van der Waals surface area contributed by atoms with E-state index in [9.17, 15) is 4.39 Å². The van der Waals surface area contributed by atoms with Gasteiger partial charge in [0.2, 0.25) is 0 Å². The van der Waals surface area contributed by atoms with Crippen LogP contribution in [0.15, 0.2) is 30.5 Å². The Labute approximate surface area is 106 Å². The zero-order valence-corrected chi connectivity index (χ0v) is 10.7. The minimum Gasteiger partial charge on any atom is -0.310 e. The molecule has 3 nitrogen and oxygen atoms in total. The molecule has 1 aromatic carbocycles. The van der Waals surface area contributed by atoms with Gasteiger partial charge in [-0.05, 0) is 38.0 Å². The summed E-state index contributed by atoms with van der Waals surface area (Å²) >= 11 is 0. The third-order valence-corrected chi connectivity index (χ3v) is 3.01. The van der Waals surface area contributed by atoms with E-state index in [0.717, 1.165) is 24.2 Å². The van der Waals surface area contributed by atoms with Gasteiger partial charge in [-0.2, -0.15) is 5.10 Å². The third kappa shape index (κ3) is 3.40. The Morgan fingerprint density at radius 2 is 2.28 bits per heavy atom. The first-order chi connectivity index (χ1) is 8.65.